The summed E-state index contributed by atoms with van der Waals surface area (Å²) in [5, 5.41) is 0. The molecule has 0 spiro atoms. The van der Waals surface area contributed by atoms with Crippen molar-refractivity contribution in [3.63, 3.8) is 0 Å². The highest BCUT2D eigenvalue weighted by molar-refractivity contribution is 6.22. The molecule has 6 nitrogen and oxygen atoms in total. The predicted molar refractivity (Wildman–Crippen MR) is 118 cm³/mol. The fourth-order valence-corrected chi connectivity index (χ4v) is 5.03. The molecule has 32 heavy (non-hydrogen) atoms. The zero-order valence-corrected chi connectivity index (χ0v) is 18.1. The highest BCUT2D eigenvalue weighted by atomic mass is 16.5. The van der Waals surface area contributed by atoms with Crippen LogP contribution in [0.25, 0.3) is 0 Å². The summed E-state index contributed by atoms with van der Waals surface area (Å²) in [6.07, 6.45) is 4.95. The average Bonchev–Trinajstić information content (AvgIpc) is 3.46. The first kappa shape index (κ1) is 20.5. The molecule has 2 aromatic carbocycles. The minimum Gasteiger partial charge on any atom is -0.489 e. The Morgan fingerprint density at radius 1 is 0.938 bits per heavy atom. The van der Waals surface area contributed by atoms with Crippen LogP contribution in [0.4, 0.5) is 5.69 Å². The molecule has 164 valence electrons. The molecule has 2 amide bonds. The lowest BCUT2D eigenvalue weighted by molar-refractivity contribution is -0.123. The molecule has 1 saturated carbocycles. The number of anilines is 1. The van der Waals surface area contributed by atoms with Crippen LogP contribution < -0.4 is 9.64 Å². The smallest absolute Gasteiger partial charge is 0.338 e. The Kier molecular flexibility index (Phi) is 5.08. The zero-order chi connectivity index (χ0) is 22.4. The second kappa shape index (κ2) is 7.93. The van der Waals surface area contributed by atoms with Crippen molar-refractivity contribution in [2.24, 2.45) is 23.7 Å². The summed E-state index contributed by atoms with van der Waals surface area (Å²) < 4.78 is 11.0. The molecular weight excluding hydrogens is 406 g/mol. The predicted octanol–water partition coefficient (Wildman–Crippen LogP) is 4.14. The van der Waals surface area contributed by atoms with Crippen LogP contribution >= 0.6 is 0 Å². The third kappa shape index (κ3) is 3.49. The number of imide groups is 1. The van der Waals surface area contributed by atoms with Gasteiger partial charge in [-0.1, -0.05) is 24.3 Å². The first-order valence-electron chi connectivity index (χ1n) is 11.0. The molecule has 6 heteroatoms. The van der Waals surface area contributed by atoms with E-state index in [1.165, 1.54) is 4.90 Å². The van der Waals surface area contributed by atoms with Crippen molar-refractivity contribution in [2.75, 3.05) is 4.90 Å². The lowest BCUT2D eigenvalue weighted by atomic mass is 9.85. The summed E-state index contributed by atoms with van der Waals surface area (Å²) in [7, 11) is 0. The largest absolute Gasteiger partial charge is 0.489 e. The molecular formula is C26H25NO5. The van der Waals surface area contributed by atoms with Crippen molar-refractivity contribution >= 4 is 23.5 Å². The molecule has 2 fully saturated rings. The number of amides is 2. The Labute approximate surface area is 186 Å². The van der Waals surface area contributed by atoms with Crippen LogP contribution in [0.2, 0.25) is 0 Å². The van der Waals surface area contributed by atoms with E-state index in [0.29, 0.717) is 23.6 Å². The van der Waals surface area contributed by atoms with Gasteiger partial charge in [0.2, 0.25) is 11.8 Å². The van der Waals surface area contributed by atoms with Crippen LogP contribution in [-0.2, 0) is 20.9 Å². The molecule has 0 unspecified atom stereocenters. The van der Waals surface area contributed by atoms with Gasteiger partial charge in [-0.15, -0.1) is 0 Å². The van der Waals surface area contributed by atoms with Gasteiger partial charge >= 0.3 is 5.97 Å². The van der Waals surface area contributed by atoms with Gasteiger partial charge in [0.25, 0.3) is 0 Å². The van der Waals surface area contributed by atoms with E-state index in [2.05, 4.69) is 12.2 Å². The molecule has 0 aromatic heterocycles. The Morgan fingerprint density at radius 3 is 2.09 bits per heavy atom. The van der Waals surface area contributed by atoms with Crippen LogP contribution in [0, 0.1) is 23.7 Å². The summed E-state index contributed by atoms with van der Waals surface area (Å²) in [4.78, 5) is 39.1. The zero-order valence-electron chi connectivity index (χ0n) is 18.1. The van der Waals surface area contributed by atoms with Gasteiger partial charge in [0.05, 0.1) is 29.2 Å². The fourth-order valence-electron chi connectivity index (χ4n) is 5.03. The van der Waals surface area contributed by atoms with Crippen molar-refractivity contribution in [1.29, 1.82) is 0 Å². The van der Waals surface area contributed by atoms with Gasteiger partial charge in [0, 0.05) is 0 Å². The summed E-state index contributed by atoms with van der Waals surface area (Å²) in [6.45, 7) is 3.96. The number of fused-ring (bicyclic) bond motifs is 5. The maximum Gasteiger partial charge on any atom is 0.338 e. The Morgan fingerprint density at radius 2 is 1.53 bits per heavy atom. The van der Waals surface area contributed by atoms with Gasteiger partial charge in [-0.3, -0.25) is 14.5 Å². The van der Waals surface area contributed by atoms with E-state index < -0.39 is 0 Å². The first-order valence-corrected chi connectivity index (χ1v) is 11.0. The summed E-state index contributed by atoms with van der Waals surface area (Å²) >= 11 is 0. The molecule has 3 aliphatic rings. The normalized spacial score (nSPS) is 25.5. The van der Waals surface area contributed by atoms with E-state index in [9.17, 15) is 14.4 Å². The third-order valence-corrected chi connectivity index (χ3v) is 6.50. The van der Waals surface area contributed by atoms with Crippen molar-refractivity contribution in [2.45, 2.75) is 33.0 Å². The number of allylic oxidation sites excluding steroid dienone is 2. The van der Waals surface area contributed by atoms with Gasteiger partial charge in [0.1, 0.15) is 12.4 Å². The minimum absolute atomic E-state index is 0.0819. The number of esters is 1. The maximum absolute atomic E-state index is 12.9. The number of hydrogen-bond acceptors (Lipinski definition) is 5. The van der Waals surface area contributed by atoms with E-state index in [4.69, 9.17) is 9.47 Å². The monoisotopic (exact) mass is 431 g/mol. The SMILES string of the molecule is CC(C)OC(=O)c1ccc(COc2ccc(N3C(=O)[C@@H]4[C@@H](C3=O)[C@H]3C=C[C@@H]4C3)cc2)cc1. The Balaban J connectivity index is 1.21. The summed E-state index contributed by atoms with van der Waals surface area (Å²) in [5.41, 5.74) is 2.00. The molecule has 5 rings (SSSR count). The second-order valence-electron chi connectivity index (χ2n) is 8.95. The van der Waals surface area contributed by atoms with Crippen LogP contribution in [0.15, 0.2) is 60.7 Å². The first-order chi connectivity index (χ1) is 15.4. The van der Waals surface area contributed by atoms with Crippen molar-refractivity contribution in [3.05, 3.63) is 71.8 Å². The van der Waals surface area contributed by atoms with Crippen LogP contribution in [0.1, 0.15) is 36.2 Å². The fraction of sp³-hybridized carbons (Fsp3) is 0.346. The molecule has 1 saturated heterocycles. The van der Waals surface area contributed by atoms with Crippen molar-refractivity contribution < 1.29 is 23.9 Å². The average molecular weight is 431 g/mol. The van der Waals surface area contributed by atoms with Gasteiger partial charge in [-0.2, -0.15) is 0 Å². The van der Waals surface area contributed by atoms with Crippen molar-refractivity contribution in [1.82, 2.24) is 0 Å². The Hall–Kier alpha value is -3.41. The van der Waals surface area contributed by atoms with E-state index in [1.54, 1.807) is 36.4 Å². The molecule has 2 bridgehead atoms. The maximum atomic E-state index is 12.9. The Bertz CT molecular complexity index is 1060. The molecule has 2 aromatic rings. The number of hydrogen-bond donors (Lipinski definition) is 0. The molecule has 2 aliphatic carbocycles. The number of nitrogens with zero attached hydrogens (tertiary/aromatic N) is 1. The van der Waals surface area contributed by atoms with Gasteiger partial charge in [-0.25, -0.2) is 4.79 Å². The highest BCUT2D eigenvalue weighted by Gasteiger charge is 2.59. The third-order valence-electron chi connectivity index (χ3n) is 6.50. The van der Waals surface area contributed by atoms with Gasteiger partial charge in [0.15, 0.2) is 0 Å². The minimum atomic E-state index is -0.345. The number of ether oxygens (including phenoxy) is 2. The second-order valence-corrected chi connectivity index (χ2v) is 8.95. The molecule has 0 N–H and O–H groups in total. The number of carbonyl (C=O) groups excluding carboxylic acids is 3. The molecule has 4 atom stereocenters. The number of carbonyl (C=O) groups is 3. The van der Waals surface area contributed by atoms with Gasteiger partial charge in [-0.05, 0) is 74.1 Å². The number of benzene rings is 2. The van der Waals surface area contributed by atoms with E-state index >= 15 is 0 Å². The van der Waals surface area contributed by atoms with Crippen molar-refractivity contribution in [3.8, 4) is 5.75 Å². The quantitative estimate of drug-likeness (QED) is 0.390. The number of rotatable bonds is 6. The topological polar surface area (TPSA) is 72.9 Å². The summed E-state index contributed by atoms with van der Waals surface area (Å²) in [6, 6.07) is 14.1. The lowest BCUT2D eigenvalue weighted by Crippen LogP contribution is -2.32. The van der Waals surface area contributed by atoms with E-state index in [1.807, 2.05) is 26.0 Å². The lowest BCUT2D eigenvalue weighted by Gasteiger charge is -2.17. The summed E-state index contributed by atoms with van der Waals surface area (Å²) in [5.74, 6) is 0.132. The molecule has 1 aliphatic heterocycles. The molecule has 0 radical (unpaired) electrons. The van der Waals surface area contributed by atoms with Crippen LogP contribution in [-0.4, -0.2) is 23.9 Å². The van der Waals surface area contributed by atoms with E-state index in [-0.39, 0.29) is 47.6 Å². The highest BCUT2D eigenvalue weighted by Crippen LogP contribution is 2.53. The van der Waals surface area contributed by atoms with E-state index in [0.717, 1.165) is 12.0 Å². The van der Waals surface area contributed by atoms with Crippen LogP contribution in [0.5, 0.6) is 5.75 Å². The van der Waals surface area contributed by atoms with Gasteiger partial charge < -0.3 is 9.47 Å². The van der Waals surface area contributed by atoms with Crippen LogP contribution in [0.3, 0.4) is 0 Å². The standard InChI is InChI=1S/C26H25NO5/c1-15(2)32-26(30)17-5-3-16(4-6-17)14-31-21-11-9-20(10-12-21)27-24(28)22-18-7-8-19(13-18)23(22)25(27)29/h3-12,15,18-19,22-23H,13-14H2,1-2H3/t18-,19+,22-,23-/m0/s1. The molecule has 1 heterocycles.